The van der Waals surface area contributed by atoms with Crippen molar-refractivity contribution in [3.63, 3.8) is 0 Å². The van der Waals surface area contributed by atoms with Gasteiger partial charge in [0.25, 0.3) is 0 Å². The number of hydrogen-bond acceptors (Lipinski definition) is 5. The van der Waals surface area contributed by atoms with Gasteiger partial charge in [-0.15, -0.1) is 11.3 Å². The second kappa shape index (κ2) is 11.2. The predicted octanol–water partition coefficient (Wildman–Crippen LogP) is 9.43. The summed E-state index contributed by atoms with van der Waals surface area (Å²) in [5.41, 5.74) is 6.04. The molecular weight excluding hydrogens is 547 g/mol. The van der Waals surface area contributed by atoms with Gasteiger partial charge in [-0.1, -0.05) is 46.9 Å². The highest BCUT2D eigenvalue weighted by atomic mass is 35.5. The van der Waals surface area contributed by atoms with Crippen molar-refractivity contribution >= 4 is 62.0 Å². The van der Waals surface area contributed by atoms with Gasteiger partial charge in [-0.05, 0) is 72.6 Å². The monoisotopic (exact) mass is 568 g/mol. The van der Waals surface area contributed by atoms with Crippen LogP contribution < -0.4 is 14.8 Å². The predicted molar refractivity (Wildman–Crippen MR) is 156 cm³/mol. The molecule has 4 nitrogen and oxygen atoms in total. The first kappa shape index (κ1) is 25.7. The van der Waals surface area contributed by atoms with Crippen molar-refractivity contribution in [3.8, 4) is 22.1 Å². The highest BCUT2D eigenvalue weighted by Crippen LogP contribution is 2.35. The Morgan fingerprint density at radius 3 is 2.38 bits per heavy atom. The minimum atomic E-state index is 0.265. The first-order chi connectivity index (χ1) is 17.9. The molecule has 0 unspecified atom stereocenters. The van der Waals surface area contributed by atoms with Gasteiger partial charge in [-0.3, -0.25) is 0 Å². The molecule has 0 atom stereocenters. The van der Waals surface area contributed by atoms with Crippen LogP contribution in [0.15, 0.2) is 72.8 Å². The van der Waals surface area contributed by atoms with E-state index in [1.807, 2.05) is 24.3 Å². The molecule has 8 heteroatoms. The molecule has 0 saturated heterocycles. The van der Waals surface area contributed by atoms with Crippen LogP contribution in [0.1, 0.15) is 16.7 Å². The molecule has 5 rings (SSSR count). The van der Waals surface area contributed by atoms with Gasteiger partial charge in [0.2, 0.25) is 0 Å². The Balaban J connectivity index is 1.26. The molecule has 1 N–H and O–H groups in total. The fourth-order valence-corrected chi connectivity index (χ4v) is 5.62. The van der Waals surface area contributed by atoms with E-state index in [1.165, 1.54) is 10.3 Å². The molecule has 0 spiro atoms. The van der Waals surface area contributed by atoms with E-state index in [0.29, 0.717) is 33.1 Å². The molecule has 0 aliphatic heterocycles. The number of methoxy groups -OCH3 is 1. The summed E-state index contributed by atoms with van der Waals surface area (Å²) in [6, 6.07) is 23.5. The van der Waals surface area contributed by atoms with Gasteiger partial charge in [-0.25, -0.2) is 4.98 Å². The number of rotatable bonds is 8. The number of aryl methyl sites for hydroxylation is 1. The first-order valence-electron chi connectivity index (χ1n) is 11.5. The molecule has 0 saturated carbocycles. The zero-order valence-corrected chi connectivity index (χ0v) is 23.2. The second-order valence-corrected chi connectivity index (χ2v) is 10.8. The Labute approximate surface area is 234 Å². The normalized spacial score (nSPS) is 11.1. The summed E-state index contributed by atoms with van der Waals surface area (Å²) in [4.78, 5) is 4.77. The van der Waals surface area contributed by atoms with E-state index in [4.69, 9.17) is 49.3 Å². The van der Waals surface area contributed by atoms with Gasteiger partial charge in [0, 0.05) is 44.5 Å². The third-order valence-corrected chi connectivity index (χ3v) is 7.90. The van der Waals surface area contributed by atoms with Gasteiger partial charge in [0.1, 0.15) is 11.6 Å². The quantitative estimate of drug-likeness (QED) is 0.202. The lowest BCUT2D eigenvalue weighted by molar-refractivity contribution is 0.284. The minimum absolute atomic E-state index is 0.265. The highest BCUT2D eigenvalue weighted by molar-refractivity contribution is 7.21. The topological polar surface area (TPSA) is 43.4 Å². The van der Waals surface area contributed by atoms with E-state index in [0.717, 1.165) is 32.9 Å². The van der Waals surface area contributed by atoms with E-state index < -0.39 is 0 Å². The van der Waals surface area contributed by atoms with Crippen molar-refractivity contribution in [1.29, 1.82) is 0 Å². The lowest BCUT2D eigenvalue weighted by atomic mass is 10.1. The molecule has 5 aromatic rings. The average Bonchev–Trinajstić information content (AvgIpc) is 3.31. The van der Waals surface area contributed by atoms with Crippen LogP contribution in [0.5, 0.6) is 11.5 Å². The van der Waals surface area contributed by atoms with Gasteiger partial charge >= 0.3 is 0 Å². The summed E-state index contributed by atoms with van der Waals surface area (Å²) in [5, 5.41) is 6.13. The van der Waals surface area contributed by atoms with Crippen LogP contribution in [-0.4, -0.2) is 12.1 Å². The molecule has 0 bridgehead atoms. The molecule has 0 aliphatic carbocycles. The Morgan fingerprint density at radius 2 is 1.62 bits per heavy atom. The zero-order valence-electron chi connectivity index (χ0n) is 20.1. The fraction of sp³-hybridized carbons (Fsp3) is 0.138. The van der Waals surface area contributed by atoms with E-state index in [9.17, 15) is 0 Å². The van der Waals surface area contributed by atoms with Crippen molar-refractivity contribution in [2.24, 2.45) is 0 Å². The Hall–Kier alpha value is -2.96. The fourth-order valence-electron chi connectivity index (χ4n) is 3.86. The van der Waals surface area contributed by atoms with E-state index in [1.54, 1.807) is 36.6 Å². The van der Waals surface area contributed by atoms with Crippen LogP contribution >= 0.6 is 46.1 Å². The van der Waals surface area contributed by atoms with Gasteiger partial charge in [0.05, 0.1) is 17.3 Å². The molecule has 0 radical (unpaired) electrons. The summed E-state index contributed by atoms with van der Waals surface area (Å²) >= 11 is 20.5. The molecule has 1 heterocycles. The van der Waals surface area contributed by atoms with Crippen LogP contribution in [0.4, 0.5) is 5.69 Å². The van der Waals surface area contributed by atoms with Gasteiger partial charge < -0.3 is 14.8 Å². The van der Waals surface area contributed by atoms with E-state index in [2.05, 4.69) is 42.6 Å². The SMILES string of the molecule is COc1cc(CNc2ccc(-c3nc4ccc(C)cc4s3)cc2)c(Cl)cc1OCc1ccc(Cl)cc1Cl. The Kier molecular flexibility index (Phi) is 7.77. The maximum Gasteiger partial charge on any atom is 0.163 e. The molecule has 37 heavy (non-hydrogen) atoms. The number of thiazole rings is 1. The molecule has 4 aromatic carbocycles. The van der Waals surface area contributed by atoms with Crippen molar-refractivity contribution in [2.75, 3.05) is 12.4 Å². The molecule has 188 valence electrons. The number of aromatic nitrogens is 1. The average molecular weight is 570 g/mol. The maximum absolute atomic E-state index is 6.59. The lowest BCUT2D eigenvalue weighted by Crippen LogP contribution is -2.03. The molecule has 0 fully saturated rings. The zero-order chi connectivity index (χ0) is 25.9. The number of nitrogens with one attached hydrogen (secondary N) is 1. The standard InChI is InChI=1S/C29H23Cl3N2O2S/c1-17-3-10-25-28(11-17)37-29(34-25)18-5-8-22(9-6-18)33-15-20-12-26(35-2)27(14-24(20)32)36-16-19-4-7-21(30)13-23(19)31/h3-14,33H,15-16H2,1-2H3. The number of ether oxygens (including phenoxy) is 2. The van der Waals surface area contributed by atoms with Crippen molar-refractivity contribution in [2.45, 2.75) is 20.1 Å². The summed E-state index contributed by atoms with van der Waals surface area (Å²) in [5.74, 6) is 1.13. The molecule has 1 aromatic heterocycles. The summed E-state index contributed by atoms with van der Waals surface area (Å²) in [6.45, 7) is 2.89. The van der Waals surface area contributed by atoms with Gasteiger partial charge in [-0.2, -0.15) is 0 Å². The highest BCUT2D eigenvalue weighted by Gasteiger charge is 2.13. The molecule has 0 amide bonds. The molecular formula is C29H23Cl3N2O2S. The third-order valence-electron chi connectivity index (χ3n) is 5.89. The van der Waals surface area contributed by atoms with Crippen molar-refractivity contribution < 1.29 is 9.47 Å². The minimum Gasteiger partial charge on any atom is -0.493 e. The van der Waals surface area contributed by atoms with Gasteiger partial charge in [0.15, 0.2) is 11.5 Å². The number of hydrogen-bond donors (Lipinski definition) is 1. The molecule has 0 aliphatic rings. The number of benzene rings is 4. The van der Waals surface area contributed by atoms with Crippen molar-refractivity contribution in [3.05, 3.63) is 105 Å². The summed E-state index contributed by atoms with van der Waals surface area (Å²) in [6.07, 6.45) is 0. The number of fused-ring (bicyclic) bond motifs is 1. The lowest BCUT2D eigenvalue weighted by Gasteiger charge is -2.15. The third kappa shape index (κ3) is 5.97. The van der Waals surface area contributed by atoms with Crippen LogP contribution in [0.25, 0.3) is 20.8 Å². The Morgan fingerprint density at radius 1 is 0.838 bits per heavy atom. The number of nitrogens with zero attached hydrogens (tertiary/aromatic N) is 1. The largest absolute Gasteiger partial charge is 0.493 e. The van der Waals surface area contributed by atoms with E-state index in [-0.39, 0.29) is 6.61 Å². The Bertz CT molecular complexity index is 1570. The van der Waals surface area contributed by atoms with Crippen LogP contribution in [0, 0.1) is 6.92 Å². The van der Waals surface area contributed by atoms with E-state index >= 15 is 0 Å². The number of halogens is 3. The van der Waals surface area contributed by atoms with Crippen LogP contribution in [0.2, 0.25) is 15.1 Å². The number of anilines is 1. The maximum atomic E-state index is 6.59. The van der Waals surface area contributed by atoms with Crippen molar-refractivity contribution in [1.82, 2.24) is 4.98 Å². The van der Waals surface area contributed by atoms with Crippen LogP contribution in [0.3, 0.4) is 0 Å². The smallest absolute Gasteiger partial charge is 0.163 e. The summed E-state index contributed by atoms with van der Waals surface area (Å²) < 4.78 is 12.7. The van der Waals surface area contributed by atoms with Crippen LogP contribution in [-0.2, 0) is 13.2 Å². The second-order valence-electron chi connectivity index (χ2n) is 8.54. The summed E-state index contributed by atoms with van der Waals surface area (Å²) in [7, 11) is 1.60. The first-order valence-corrected chi connectivity index (χ1v) is 13.5.